The number of nitro groups is 1. The number of nitrogens with one attached hydrogen (secondary N) is 1. The molecule has 0 saturated heterocycles. The van der Waals surface area contributed by atoms with Crippen LogP contribution < -0.4 is 4.72 Å². The highest BCUT2D eigenvalue weighted by Crippen LogP contribution is 2.17. The van der Waals surface area contributed by atoms with E-state index in [-0.39, 0.29) is 17.0 Å². The molecular formula is C10H11N3O4S. The number of nitriles is 1. The van der Waals surface area contributed by atoms with E-state index in [9.17, 15) is 18.5 Å². The lowest BCUT2D eigenvalue weighted by Crippen LogP contribution is -2.32. The molecule has 1 aromatic rings. The van der Waals surface area contributed by atoms with Gasteiger partial charge in [0.15, 0.2) is 0 Å². The third-order valence-corrected chi connectivity index (χ3v) is 3.68. The van der Waals surface area contributed by atoms with Crippen molar-refractivity contribution in [3.05, 3.63) is 34.4 Å². The fourth-order valence-electron chi connectivity index (χ4n) is 1.28. The topological polar surface area (TPSA) is 113 Å². The maximum atomic E-state index is 11.8. The SMILES string of the molecule is CC(CC#N)NS(=O)(=O)c1cccc([N+](=O)[O-])c1. The largest absolute Gasteiger partial charge is 0.270 e. The Hall–Kier alpha value is -1.98. The normalized spacial score (nSPS) is 12.7. The molecule has 0 aliphatic carbocycles. The van der Waals surface area contributed by atoms with Gasteiger partial charge in [-0.15, -0.1) is 0 Å². The Morgan fingerprint density at radius 3 is 2.78 bits per heavy atom. The predicted molar refractivity (Wildman–Crippen MR) is 63.1 cm³/mol. The number of nitro benzene ring substituents is 1. The van der Waals surface area contributed by atoms with Gasteiger partial charge in [-0.3, -0.25) is 10.1 Å². The van der Waals surface area contributed by atoms with E-state index in [1.807, 2.05) is 6.07 Å². The van der Waals surface area contributed by atoms with Crippen molar-refractivity contribution in [3.63, 3.8) is 0 Å². The molecule has 96 valence electrons. The quantitative estimate of drug-likeness (QED) is 0.636. The third-order valence-electron chi connectivity index (χ3n) is 2.09. The van der Waals surface area contributed by atoms with E-state index >= 15 is 0 Å². The number of hydrogen-bond donors (Lipinski definition) is 1. The first kappa shape index (κ1) is 14.1. The molecule has 0 bridgehead atoms. The van der Waals surface area contributed by atoms with Crippen LogP contribution in [-0.2, 0) is 10.0 Å². The van der Waals surface area contributed by atoms with Crippen molar-refractivity contribution in [2.75, 3.05) is 0 Å². The zero-order valence-electron chi connectivity index (χ0n) is 9.53. The summed E-state index contributed by atoms with van der Waals surface area (Å²) in [5, 5.41) is 19.0. The molecule has 0 amide bonds. The molecule has 1 rings (SSSR count). The van der Waals surface area contributed by atoms with Crippen molar-refractivity contribution in [1.82, 2.24) is 4.72 Å². The maximum absolute atomic E-state index is 11.8. The van der Waals surface area contributed by atoms with Crippen molar-refractivity contribution in [2.45, 2.75) is 24.3 Å². The van der Waals surface area contributed by atoms with Crippen LogP contribution in [0.2, 0.25) is 0 Å². The minimum Gasteiger partial charge on any atom is -0.258 e. The monoisotopic (exact) mass is 269 g/mol. The highest BCUT2D eigenvalue weighted by molar-refractivity contribution is 7.89. The van der Waals surface area contributed by atoms with Crippen LogP contribution in [0.15, 0.2) is 29.2 Å². The van der Waals surface area contributed by atoms with Crippen LogP contribution in [0.3, 0.4) is 0 Å². The van der Waals surface area contributed by atoms with Crippen molar-refractivity contribution in [1.29, 1.82) is 5.26 Å². The van der Waals surface area contributed by atoms with Gasteiger partial charge in [0.1, 0.15) is 0 Å². The summed E-state index contributed by atoms with van der Waals surface area (Å²) in [6.07, 6.45) is 0.0220. The standard InChI is InChI=1S/C10H11N3O4S/c1-8(5-6-11)12-18(16,17)10-4-2-3-9(7-10)13(14)15/h2-4,7-8,12H,5H2,1H3. The van der Waals surface area contributed by atoms with E-state index in [1.54, 1.807) is 0 Å². The fourth-order valence-corrected chi connectivity index (χ4v) is 2.56. The van der Waals surface area contributed by atoms with Crippen LogP contribution in [-0.4, -0.2) is 19.4 Å². The first-order valence-corrected chi connectivity index (χ1v) is 6.49. The summed E-state index contributed by atoms with van der Waals surface area (Å²) in [5.74, 6) is 0. The summed E-state index contributed by atoms with van der Waals surface area (Å²) in [6, 6.07) is 6.01. The lowest BCUT2D eigenvalue weighted by atomic mass is 10.3. The number of non-ortho nitro benzene ring substituents is 1. The lowest BCUT2D eigenvalue weighted by Gasteiger charge is -2.10. The zero-order chi connectivity index (χ0) is 13.8. The molecular weight excluding hydrogens is 258 g/mol. The predicted octanol–water partition coefficient (Wildman–Crippen LogP) is 1.18. The fraction of sp³-hybridized carbons (Fsp3) is 0.300. The van der Waals surface area contributed by atoms with Crippen molar-refractivity contribution < 1.29 is 13.3 Å². The van der Waals surface area contributed by atoms with Crippen LogP contribution >= 0.6 is 0 Å². The molecule has 1 unspecified atom stereocenters. The first-order valence-electron chi connectivity index (χ1n) is 5.00. The van der Waals surface area contributed by atoms with Gasteiger partial charge >= 0.3 is 0 Å². The molecule has 1 aromatic carbocycles. The molecule has 0 aliphatic rings. The number of nitrogens with zero attached hydrogens (tertiary/aromatic N) is 2. The van der Waals surface area contributed by atoms with Gasteiger partial charge in [-0.25, -0.2) is 13.1 Å². The highest BCUT2D eigenvalue weighted by atomic mass is 32.2. The Kier molecular flexibility index (Phi) is 4.36. The second kappa shape index (κ2) is 5.57. The number of benzene rings is 1. The molecule has 0 saturated carbocycles. The van der Waals surface area contributed by atoms with E-state index < -0.39 is 21.0 Å². The molecule has 18 heavy (non-hydrogen) atoms. The number of sulfonamides is 1. The number of rotatable bonds is 5. The van der Waals surface area contributed by atoms with Crippen molar-refractivity contribution in [3.8, 4) is 6.07 Å². The van der Waals surface area contributed by atoms with E-state index in [4.69, 9.17) is 5.26 Å². The number of hydrogen-bond acceptors (Lipinski definition) is 5. The van der Waals surface area contributed by atoms with Gasteiger partial charge in [0.2, 0.25) is 10.0 Å². The van der Waals surface area contributed by atoms with E-state index in [1.165, 1.54) is 25.1 Å². The maximum Gasteiger partial charge on any atom is 0.270 e. The first-order chi connectivity index (χ1) is 8.36. The lowest BCUT2D eigenvalue weighted by molar-refractivity contribution is -0.385. The summed E-state index contributed by atoms with van der Waals surface area (Å²) in [7, 11) is -3.84. The minimum atomic E-state index is -3.84. The van der Waals surface area contributed by atoms with Gasteiger partial charge in [0.25, 0.3) is 5.69 Å². The van der Waals surface area contributed by atoms with Crippen molar-refractivity contribution in [2.24, 2.45) is 0 Å². The molecule has 1 atom stereocenters. The van der Waals surface area contributed by atoms with Crippen LogP contribution in [0.4, 0.5) is 5.69 Å². The Morgan fingerprint density at radius 2 is 2.22 bits per heavy atom. The molecule has 0 aliphatic heterocycles. The average molecular weight is 269 g/mol. The molecule has 0 spiro atoms. The van der Waals surface area contributed by atoms with Gasteiger partial charge in [0, 0.05) is 18.2 Å². The summed E-state index contributed by atoms with van der Waals surface area (Å²) >= 11 is 0. The Morgan fingerprint density at radius 1 is 1.56 bits per heavy atom. The van der Waals surface area contributed by atoms with Crippen LogP contribution in [0.1, 0.15) is 13.3 Å². The van der Waals surface area contributed by atoms with Crippen LogP contribution in [0.5, 0.6) is 0 Å². The summed E-state index contributed by atoms with van der Waals surface area (Å²) < 4.78 is 26.0. The summed E-state index contributed by atoms with van der Waals surface area (Å²) in [5.41, 5.74) is -0.300. The molecule has 8 heteroatoms. The van der Waals surface area contributed by atoms with E-state index in [0.29, 0.717) is 0 Å². The van der Waals surface area contributed by atoms with Crippen LogP contribution in [0.25, 0.3) is 0 Å². The minimum absolute atomic E-state index is 0.0220. The second-order valence-corrected chi connectivity index (χ2v) is 5.35. The summed E-state index contributed by atoms with van der Waals surface area (Å²) in [4.78, 5) is 9.69. The molecule has 0 heterocycles. The van der Waals surface area contributed by atoms with Crippen molar-refractivity contribution >= 4 is 15.7 Å². The Labute approximate surface area is 104 Å². The average Bonchev–Trinajstić information content (AvgIpc) is 2.28. The second-order valence-electron chi connectivity index (χ2n) is 3.64. The van der Waals surface area contributed by atoms with Crippen LogP contribution in [0, 0.1) is 21.4 Å². The van der Waals surface area contributed by atoms with Gasteiger partial charge in [-0.05, 0) is 13.0 Å². The molecule has 0 fully saturated rings. The van der Waals surface area contributed by atoms with Gasteiger partial charge in [-0.2, -0.15) is 5.26 Å². The smallest absolute Gasteiger partial charge is 0.258 e. The van der Waals surface area contributed by atoms with Gasteiger partial charge in [0.05, 0.1) is 22.3 Å². The summed E-state index contributed by atoms with van der Waals surface area (Å²) in [6.45, 7) is 1.54. The molecule has 1 N–H and O–H groups in total. The molecule has 0 radical (unpaired) electrons. The van der Waals surface area contributed by atoms with E-state index in [2.05, 4.69) is 4.72 Å². The van der Waals surface area contributed by atoms with E-state index in [0.717, 1.165) is 6.07 Å². The molecule has 7 nitrogen and oxygen atoms in total. The van der Waals surface area contributed by atoms with Gasteiger partial charge < -0.3 is 0 Å². The third kappa shape index (κ3) is 3.51. The van der Waals surface area contributed by atoms with Gasteiger partial charge in [-0.1, -0.05) is 6.07 Å². The highest BCUT2D eigenvalue weighted by Gasteiger charge is 2.19. The Bertz CT molecular complexity index is 591. The molecule has 0 aromatic heterocycles. The Balaban J connectivity index is 3.02. The zero-order valence-corrected chi connectivity index (χ0v) is 10.3.